The van der Waals surface area contributed by atoms with Gasteiger partial charge in [-0.2, -0.15) is 4.31 Å². The number of anilines is 1. The smallest absolute Gasteiger partial charge is 0.312 e. The fourth-order valence-corrected chi connectivity index (χ4v) is 3.96. The molecule has 1 fully saturated rings. The summed E-state index contributed by atoms with van der Waals surface area (Å²) in [4.78, 5) is 10.0. The van der Waals surface area contributed by atoms with Crippen LogP contribution in [0.2, 0.25) is 0 Å². The molecule has 1 aromatic carbocycles. The zero-order valence-corrected chi connectivity index (χ0v) is 12.0. The maximum Gasteiger partial charge on any atom is 0.312 e. The topological polar surface area (TPSA) is 107 Å². The molecule has 0 bridgehead atoms. The molecule has 1 aromatic rings. The first-order valence-electron chi connectivity index (χ1n) is 6.37. The molecule has 0 saturated carbocycles. The lowest BCUT2D eigenvalue weighted by Gasteiger charge is -2.29. The minimum atomic E-state index is -3.87. The monoisotopic (exact) mass is 299 g/mol. The fourth-order valence-electron chi connectivity index (χ4n) is 2.31. The predicted molar refractivity (Wildman–Crippen MR) is 74.7 cm³/mol. The molecule has 0 aromatic heterocycles. The van der Waals surface area contributed by atoms with Gasteiger partial charge in [-0.3, -0.25) is 10.1 Å². The Morgan fingerprint density at radius 2 is 1.95 bits per heavy atom. The Morgan fingerprint density at radius 3 is 2.50 bits per heavy atom. The molecule has 0 radical (unpaired) electrons. The molecular formula is C12H17N3O4S. The van der Waals surface area contributed by atoms with E-state index in [0.29, 0.717) is 19.0 Å². The highest BCUT2D eigenvalue weighted by atomic mass is 32.2. The number of nitrogens with zero attached hydrogens (tertiary/aromatic N) is 2. The number of nitro groups is 1. The molecule has 1 aliphatic rings. The summed E-state index contributed by atoms with van der Waals surface area (Å²) in [6, 6.07) is 3.99. The van der Waals surface area contributed by atoms with Crippen LogP contribution in [-0.2, 0) is 10.0 Å². The zero-order chi connectivity index (χ0) is 14.9. The van der Waals surface area contributed by atoms with Gasteiger partial charge in [0.2, 0.25) is 10.0 Å². The molecule has 1 aliphatic heterocycles. The molecule has 8 heteroatoms. The number of para-hydroxylation sites is 1. The Kier molecular flexibility index (Phi) is 3.96. The van der Waals surface area contributed by atoms with Crippen molar-refractivity contribution in [3.8, 4) is 0 Å². The van der Waals surface area contributed by atoms with Crippen molar-refractivity contribution in [1.82, 2.24) is 4.31 Å². The second-order valence-corrected chi connectivity index (χ2v) is 6.94. The van der Waals surface area contributed by atoms with Crippen molar-refractivity contribution >= 4 is 21.4 Å². The molecular weight excluding hydrogens is 282 g/mol. The normalized spacial score (nSPS) is 18.1. The highest BCUT2D eigenvalue weighted by Gasteiger charge is 2.34. The molecule has 0 spiro atoms. The van der Waals surface area contributed by atoms with Crippen LogP contribution in [0, 0.1) is 16.0 Å². The van der Waals surface area contributed by atoms with Crippen molar-refractivity contribution < 1.29 is 13.3 Å². The van der Waals surface area contributed by atoms with E-state index in [0.717, 1.165) is 12.8 Å². The van der Waals surface area contributed by atoms with Gasteiger partial charge in [-0.25, -0.2) is 8.42 Å². The van der Waals surface area contributed by atoms with Crippen molar-refractivity contribution in [2.24, 2.45) is 5.92 Å². The van der Waals surface area contributed by atoms with Crippen molar-refractivity contribution in [1.29, 1.82) is 0 Å². The number of nitrogen functional groups attached to an aromatic ring is 1. The van der Waals surface area contributed by atoms with Crippen LogP contribution in [-0.4, -0.2) is 30.7 Å². The van der Waals surface area contributed by atoms with E-state index in [-0.39, 0.29) is 10.6 Å². The lowest BCUT2D eigenvalue weighted by atomic mass is 10.0. The van der Waals surface area contributed by atoms with Gasteiger partial charge in [0, 0.05) is 13.1 Å². The van der Waals surface area contributed by atoms with Gasteiger partial charge >= 0.3 is 5.69 Å². The van der Waals surface area contributed by atoms with Crippen LogP contribution >= 0.6 is 0 Å². The number of nitrogens with two attached hydrogens (primary N) is 1. The van der Waals surface area contributed by atoms with Crippen LogP contribution < -0.4 is 5.73 Å². The van der Waals surface area contributed by atoms with Crippen LogP contribution in [0.4, 0.5) is 11.4 Å². The summed E-state index contributed by atoms with van der Waals surface area (Å²) in [5.41, 5.74) is 4.87. The number of piperidine rings is 1. The molecule has 0 amide bonds. The zero-order valence-electron chi connectivity index (χ0n) is 11.2. The maximum atomic E-state index is 12.5. The van der Waals surface area contributed by atoms with Gasteiger partial charge < -0.3 is 5.73 Å². The van der Waals surface area contributed by atoms with Crippen LogP contribution in [0.5, 0.6) is 0 Å². The quantitative estimate of drug-likeness (QED) is 0.518. The van der Waals surface area contributed by atoms with Gasteiger partial charge in [-0.15, -0.1) is 0 Å². The third kappa shape index (κ3) is 2.61. The van der Waals surface area contributed by atoms with Crippen LogP contribution in [0.15, 0.2) is 23.1 Å². The Hall–Kier alpha value is -1.67. The lowest BCUT2D eigenvalue weighted by molar-refractivity contribution is -0.386. The SMILES string of the molecule is CC1CCN(S(=O)(=O)c2cccc(N)c2[N+](=O)[O-])CC1. The molecule has 2 rings (SSSR count). The highest BCUT2D eigenvalue weighted by Crippen LogP contribution is 2.33. The molecule has 2 N–H and O–H groups in total. The standard InChI is InChI=1S/C12H17N3O4S/c1-9-5-7-14(8-6-9)20(18,19)11-4-2-3-10(13)12(11)15(16)17/h2-4,9H,5-8,13H2,1H3. The highest BCUT2D eigenvalue weighted by molar-refractivity contribution is 7.89. The predicted octanol–water partition coefficient (Wildman–Crippen LogP) is 1.60. The van der Waals surface area contributed by atoms with E-state index in [1.807, 2.05) is 0 Å². The third-order valence-corrected chi connectivity index (χ3v) is 5.50. The molecule has 0 aliphatic carbocycles. The lowest BCUT2D eigenvalue weighted by Crippen LogP contribution is -2.38. The average molecular weight is 299 g/mol. The summed E-state index contributed by atoms with van der Waals surface area (Å²) in [5.74, 6) is 0.470. The van der Waals surface area contributed by atoms with Crippen molar-refractivity contribution in [2.75, 3.05) is 18.8 Å². The van der Waals surface area contributed by atoms with E-state index in [1.165, 1.54) is 22.5 Å². The van der Waals surface area contributed by atoms with Crippen molar-refractivity contribution in [2.45, 2.75) is 24.7 Å². The minimum Gasteiger partial charge on any atom is -0.393 e. The summed E-state index contributed by atoms with van der Waals surface area (Å²) in [5, 5.41) is 11.1. The Morgan fingerprint density at radius 1 is 1.35 bits per heavy atom. The van der Waals surface area contributed by atoms with E-state index in [2.05, 4.69) is 6.92 Å². The number of nitro benzene ring substituents is 1. The number of hydrogen-bond acceptors (Lipinski definition) is 5. The summed E-state index contributed by atoms with van der Waals surface area (Å²) < 4.78 is 26.4. The summed E-state index contributed by atoms with van der Waals surface area (Å²) in [7, 11) is -3.87. The fraction of sp³-hybridized carbons (Fsp3) is 0.500. The second kappa shape index (κ2) is 5.37. The minimum absolute atomic E-state index is 0.138. The van der Waals surface area contributed by atoms with Crippen LogP contribution in [0.25, 0.3) is 0 Å². The summed E-state index contributed by atoms with van der Waals surface area (Å²) in [6.45, 7) is 2.83. The summed E-state index contributed by atoms with van der Waals surface area (Å²) >= 11 is 0. The van der Waals surface area contributed by atoms with Gasteiger partial charge in [0.25, 0.3) is 0 Å². The number of hydrogen-bond donors (Lipinski definition) is 1. The molecule has 0 unspecified atom stereocenters. The molecule has 110 valence electrons. The molecule has 0 atom stereocenters. The third-order valence-electron chi connectivity index (χ3n) is 3.57. The van der Waals surface area contributed by atoms with E-state index < -0.39 is 20.6 Å². The van der Waals surface area contributed by atoms with Gasteiger partial charge in [0.1, 0.15) is 5.69 Å². The Balaban J connectivity index is 2.45. The van der Waals surface area contributed by atoms with E-state index in [4.69, 9.17) is 5.73 Å². The molecule has 1 saturated heterocycles. The summed E-state index contributed by atoms with van der Waals surface area (Å²) in [6.07, 6.45) is 1.52. The number of rotatable bonds is 3. The number of benzene rings is 1. The maximum absolute atomic E-state index is 12.5. The number of sulfonamides is 1. The van der Waals surface area contributed by atoms with Crippen molar-refractivity contribution in [3.63, 3.8) is 0 Å². The first kappa shape index (κ1) is 14.7. The molecule has 7 nitrogen and oxygen atoms in total. The first-order valence-corrected chi connectivity index (χ1v) is 7.81. The second-order valence-electron chi connectivity index (χ2n) is 5.04. The Labute approximate surface area is 117 Å². The van der Waals surface area contributed by atoms with Gasteiger partial charge in [0.05, 0.1) is 4.92 Å². The molecule has 20 heavy (non-hydrogen) atoms. The van der Waals surface area contributed by atoms with Crippen molar-refractivity contribution in [3.05, 3.63) is 28.3 Å². The van der Waals surface area contributed by atoms with Crippen LogP contribution in [0.1, 0.15) is 19.8 Å². The van der Waals surface area contributed by atoms with E-state index in [9.17, 15) is 18.5 Å². The van der Waals surface area contributed by atoms with Gasteiger partial charge in [-0.05, 0) is 30.9 Å². The molecule has 1 heterocycles. The Bertz CT molecular complexity index is 622. The largest absolute Gasteiger partial charge is 0.393 e. The van der Waals surface area contributed by atoms with E-state index in [1.54, 1.807) is 0 Å². The average Bonchev–Trinajstić information content (AvgIpc) is 2.38. The van der Waals surface area contributed by atoms with Gasteiger partial charge in [-0.1, -0.05) is 13.0 Å². The van der Waals surface area contributed by atoms with Crippen LogP contribution in [0.3, 0.4) is 0 Å². The van der Waals surface area contributed by atoms with Gasteiger partial charge in [0.15, 0.2) is 4.90 Å². The first-order chi connectivity index (χ1) is 9.34. The van der Waals surface area contributed by atoms with E-state index >= 15 is 0 Å².